The second-order valence-corrected chi connectivity index (χ2v) is 9.23. The summed E-state index contributed by atoms with van der Waals surface area (Å²) < 4.78 is 43.1. The Hall–Kier alpha value is -3.17. The third-order valence-electron chi connectivity index (χ3n) is 5.29. The Labute approximate surface area is 202 Å². The fraction of sp³-hybridized carbons (Fsp3) is 0.167. The van der Waals surface area contributed by atoms with E-state index in [0.29, 0.717) is 12.1 Å². The summed E-state index contributed by atoms with van der Waals surface area (Å²) in [5.74, 6) is -0.866. The number of aromatic nitrogens is 2. The van der Waals surface area contributed by atoms with Crippen molar-refractivity contribution in [3.8, 4) is 0 Å². The van der Waals surface area contributed by atoms with Crippen molar-refractivity contribution in [1.29, 1.82) is 0 Å². The van der Waals surface area contributed by atoms with Crippen molar-refractivity contribution >= 4 is 46.2 Å². The van der Waals surface area contributed by atoms with Gasteiger partial charge < -0.3 is 9.67 Å². The number of hydrogen-bond donors (Lipinski definition) is 1. The lowest BCUT2D eigenvalue weighted by Crippen LogP contribution is -2.17. The van der Waals surface area contributed by atoms with Crippen molar-refractivity contribution in [2.45, 2.75) is 24.5 Å². The smallest absolute Gasteiger partial charge is 0.417 e. The summed E-state index contributed by atoms with van der Waals surface area (Å²) in [6, 6.07) is 13.4. The van der Waals surface area contributed by atoms with Gasteiger partial charge in [0.05, 0.1) is 22.7 Å². The second kappa shape index (κ2) is 9.23. The minimum absolute atomic E-state index is 0.136. The molecule has 4 rings (SSSR count). The van der Waals surface area contributed by atoms with Crippen LogP contribution in [0.4, 0.5) is 19.0 Å². The van der Waals surface area contributed by atoms with Gasteiger partial charge in [0.15, 0.2) is 5.82 Å². The van der Waals surface area contributed by atoms with Crippen molar-refractivity contribution in [2.75, 3.05) is 4.31 Å². The maximum absolute atomic E-state index is 13.1. The number of halogens is 4. The number of pyridine rings is 1. The van der Waals surface area contributed by atoms with Crippen molar-refractivity contribution in [1.82, 2.24) is 9.55 Å². The number of carbonyl (C=O) groups is 1. The summed E-state index contributed by atoms with van der Waals surface area (Å²) in [7, 11) is 1.94. The van der Waals surface area contributed by atoms with Gasteiger partial charge in [-0.15, -0.1) is 0 Å². The first-order valence-corrected chi connectivity index (χ1v) is 11.2. The standard InChI is InChI=1S/C24H19ClF3N3O2S/c1-14-9-17(23(32)33)4-6-21(14)34-31(22-19(25)11-18(12-29-22)24(26,27)28)13-15-3-5-20-16(10-15)7-8-30(20)2/h3-12H,13H2,1-2H3,(H,32,33). The molecule has 5 nitrogen and oxygen atoms in total. The van der Waals surface area contributed by atoms with Gasteiger partial charge in [-0.05, 0) is 77.8 Å². The van der Waals surface area contributed by atoms with E-state index in [9.17, 15) is 23.1 Å². The predicted octanol–water partition coefficient (Wildman–Crippen LogP) is 6.97. The molecular formula is C24H19ClF3N3O2S. The van der Waals surface area contributed by atoms with Crippen LogP contribution in [0.5, 0.6) is 0 Å². The molecule has 4 aromatic rings. The Morgan fingerprint density at radius 1 is 1.18 bits per heavy atom. The number of benzene rings is 2. The molecule has 0 aliphatic rings. The van der Waals surface area contributed by atoms with E-state index in [0.717, 1.165) is 33.6 Å². The highest BCUT2D eigenvalue weighted by molar-refractivity contribution is 8.00. The minimum atomic E-state index is -4.56. The molecule has 0 atom stereocenters. The summed E-state index contributed by atoms with van der Waals surface area (Å²) >= 11 is 7.50. The lowest BCUT2D eigenvalue weighted by Gasteiger charge is -2.25. The van der Waals surface area contributed by atoms with Gasteiger partial charge in [0.25, 0.3) is 0 Å². The third kappa shape index (κ3) is 5.00. The van der Waals surface area contributed by atoms with Crippen LogP contribution in [0.2, 0.25) is 5.02 Å². The van der Waals surface area contributed by atoms with Crippen LogP contribution in [0.15, 0.2) is 65.8 Å². The highest BCUT2D eigenvalue weighted by Crippen LogP contribution is 2.38. The third-order valence-corrected chi connectivity index (χ3v) is 6.75. The van der Waals surface area contributed by atoms with Crippen LogP contribution in [0.25, 0.3) is 10.9 Å². The number of nitrogens with zero attached hydrogens (tertiary/aromatic N) is 3. The van der Waals surface area contributed by atoms with Gasteiger partial charge >= 0.3 is 12.1 Å². The Morgan fingerprint density at radius 2 is 1.94 bits per heavy atom. The molecule has 0 bridgehead atoms. The highest BCUT2D eigenvalue weighted by Gasteiger charge is 2.32. The molecule has 2 aromatic heterocycles. The molecule has 1 N–H and O–H groups in total. The zero-order chi connectivity index (χ0) is 24.6. The molecular weight excluding hydrogens is 487 g/mol. The maximum Gasteiger partial charge on any atom is 0.417 e. The van der Waals surface area contributed by atoms with Crippen LogP contribution in [-0.2, 0) is 19.8 Å². The van der Waals surface area contributed by atoms with E-state index in [1.807, 2.05) is 42.1 Å². The number of carboxylic acid groups (broad SMARTS) is 1. The molecule has 0 aliphatic heterocycles. The fourth-order valence-corrected chi connectivity index (χ4v) is 4.85. The topological polar surface area (TPSA) is 58.4 Å². The molecule has 0 spiro atoms. The Balaban J connectivity index is 1.73. The summed E-state index contributed by atoms with van der Waals surface area (Å²) in [5.41, 5.74) is 1.88. The summed E-state index contributed by atoms with van der Waals surface area (Å²) in [5, 5.41) is 10.1. The lowest BCUT2D eigenvalue weighted by atomic mass is 10.1. The monoisotopic (exact) mass is 505 g/mol. The van der Waals surface area contributed by atoms with Crippen LogP contribution in [0.3, 0.4) is 0 Å². The van der Waals surface area contributed by atoms with Crippen LogP contribution in [-0.4, -0.2) is 20.6 Å². The van der Waals surface area contributed by atoms with Gasteiger partial charge in [-0.2, -0.15) is 13.2 Å². The Bertz CT molecular complexity index is 1390. The first kappa shape index (κ1) is 24.0. The first-order valence-electron chi connectivity index (χ1n) is 10.1. The number of alkyl halides is 3. The molecule has 0 fully saturated rings. The van der Waals surface area contributed by atoms with E-state index in [2.05, 4.69) is 4.98 Å². The zero-order valence-electron chi connectivity index (χ0n) is 18.1. The summed E-state index contributed by atoms with van der Waals surface area (Å²) in [4.78, 5) is 16.0. The molecule has 0 saturated heterocycles. The van der Waals surface area contributed by atoms with Crippen LogP contribution in [0, 0.1) is 6.92 Å². The van der Waals surface area contributed by atoms with Crippen molar-refractivity contribution < 1.29 is 23.1 Å². The summed E-state index contributed by atoms with van der Waals surface area (Å²) in [6.07, 6.45) is -1.85. The van der Waals surface area contributed by atoms with E-state index >= 15 is 0 Å². The van der Waals surface area contributed by atoms with Crippen molar-refractivity contribution in [2.24, 2.45) is 7.05 Å². The van der Waals surface area contributed by atoms with E-state index < -0.39 is 17.7 Å². The fourth-order valence-electron chi connectivity index (χ4n) is 3.52. The van der Waals surface area contributed by atoms with Gasteiger partial charge in [-0.25, -0.2) is 9.78 Å². The van der Waals surface area contributed by atoms with Gasteiger partial charge in [0, 0.05) is 29.9 Å². The molecule has 2 heterocycles. The lowest BCUT2D eigenvalue weighted by molar-refractivity contribution is -0.137. The SMILES string of the molecule is Cc1cc(C(=O)O)ccc1SN(Cc1ccc2c(ccn2C)c1)c1ncc(C(F)(F)F)cc1Cl. The predicted molar refractivity (Wildman–Crippen MR) is 127 cm³/mol. The first-order chi connectivity index (χ1) is 16.0. The van der Waals surface area contributed by atoms with E-state index in [4.69, 9.17) is 11.6 Å². The van der Waals surface area contributed by atoms with E-state index in [1.165, 1.54) is 18.0 Å². The molecule has 0 amide bonds. The quantitative estimate of drug-likeness (QED) is 0.287. The van der Waals surface area contributed by atoms with E-state index in [-0.39, 0.29) is 16.4 Å². The van der Waals surface area contributed by atoms with Gasteiger partial charge in [-0.3, -0.25) is 4.31 Å². The van der Waals surface area contributed by atoms with Crippen LogP contribution in [0.1, 0.15) is 27.0 Å². The van der Waals surface area contributed by atoms with Crippen LogP contribution < -0.4 is 4.31 Å². The average Bonchev–Trinajstić information content (AvgIpc) is 3.14. The minimum Gasteiger partial charge on any atom is -0.478 e. The average molecular weight is 506 g/mol. The van der Waals surface area contributed by atoms with Crippen molar-refractivity contribution in [3.63, 3.8) is 0 Å². The normalized spacial score (nSPS) is 11.7. The van der Waals surface area contributed by atoms with Crippen LogP contribution >= 0.6 is 23.5 Å². The number of hydrogen-bond acceptors (Lipinski definition) is 4. The Morgan fingerprint density at radius 3 is 2.59 bits per heavy atom. The second-order valence-electron chi connectivity index (χ2n) is 7.76. The molecule has 0 unspecified atom stereocenters. The summed E-state index contributed by atoms with van der Waals surface area (Å²) in [6.45, 7) is 2.07. The molecule has 0 aliphatic carbocycles. The molecule has 10 heteroatoms. The molecule has 0 saturated carbocycles. The number of anilines is 1. The number of fused-ring (bicyclic) bond motifs is 1. The largest absolute Gasteiger partial charge is 0.478 e. The number of aromatic carboxylic acids is 1. The number of rotatable bonds is 6. The van der Waals surface area contributed by atoms with Crippen molar-refractivity contribution in [3.05, 3.63) is 88.2 Å². The maximum atomic E-state index is 13.1. The highest BCUT2D eigenvalue weighted by atomic mass is 35.5. The van der Waals surface area contributed by atoms with Gasteiger partial charge in [-0.1, -0.05) is 17.7 Å². The molecule has 2 aromatic carbocycles. The molecule has 34 heavy (non-hydrogen) atoms. The zero-order valence-corrected chi connectivity index (χ0v) is 19.7. The van der Waals surface area contributed by atoms with E-state index in [1.54, 1.807) is 23.4 Å². The Kier molecular flexibility index (Phi) is 6.51. The number of aryl methyl sites for hydroxylation is 2. The number of carboxylic acids is 1. The molecule has 0 radical (unpaired) electrons. The van der Waals surface area contributed by atoms with Gasteiger partial charge in [0.2, 0.25) is 0 Å². The van der Waals surface area contributed by atoms with Gasteiger partial charge in [0.1, 0.15) is 0 Å². The molecule has 176 valence electrons.